The molecule has 8 heteroatoms. The smallest absolute Gasteiger partial charge is 0.234 e. The van der Waals surface area contributed by atoms with Crippen molar-refractivity contribution in [3.63, 3.8) is 0 Å². The Morgan fingerprint density at radius 3 is 2.80 bits per heavy atom. The van der Waals surface area contributed by atoms with Gasteiger partial charge in [0.05, 0.1) is 16.5 Å². The number of amides is 1. The number of nitrogens with zero attached hydrogens (tertiary/aromatic N) is 2. The topological polar surface area (TPSA) is 80.9 Å². The number of nitrogens with one attached hydrogen (secondary N) is 1. The molecule has 0 bridgehead atoms. The number of benzene rings is 1. The van der Waals surface area contributed by atoms with Crippen LogP contribution < -0.4 is 11.1 Å². The number of hydrogen-bond acceptors (Lipinski definition) is 5. The van der Waals surface area contributed by atoms with E-state index in [2.05, 4.69) is 15.3 Å². The van der Waals surface area contributed by atoms with Crippen LogP contribution in [0.25, 0.3) is 0 Å². The first-order valence-electron chi connectivity index (χ1n) is 5.50. The maximum atomic E-state index is 11.8. The van der Waals surface area contributed by atoms with E-state index in [4.69, 9.17) is 28.9 Å². The van der Waals surface area contributed by atoms with Crippen LogP contribution in [0.15, 0.2) is 35.6 Å². The van der Waals surface area contributed by atoms with Crippen molar-refractivity contribution in [3.8, 4) is 0 Å². The molecule has 20 heavy (non-hydrogen) atoms. The van der Waals surface area contributed by atoms with Crippen molar-refractivity contribution in [2.45, 2.75) is 5.03 Å². The summed E-state index contributed by atoms with van der Waals surface area (Å²) in [7, 11) is 0. The monoisotopic (exact) mass is 328 g/mol. The molecule has 0 aliphatic heterocycles. The van der Waals surface area contributed by atoms with Gasteiger partial charge in [0.1, 0.15) is 5.03 Å². The van der Waals surface area contributed by atoms with Gasteiger partial charge in [-0.1, -0.05) is 35.0 Å². The molecule has 2 aromatic rings. The van der Waals surface area contributed by atoms with Crippen LogP contribution in [0.1, 0.15) is 0 Å². The summed E-state index contributed by atoms with van der Waals surface area (Å²) in [4.78, 5) is 19.8. The maximum absolute atomic E-state index is 11.8. The highest BCUT2D eigenvalue weighted by atomic mass is 35.5. The molecule has 0 fully saturated rings. The van der Waals surface area contributed by atoms with E-state index in [1.54, 1.807) is 18.2 Å². The first-order chi connectivity index (χ1) is 9.56. The van der Waals surface area contributed by atoms with Crippen molar-refractivity contribution in [2.24, 2.45) is 0 Å². The Labute approximate surface area is 129 Å². The molecule has 0 saturated carbocycles. The molecule has 5 nitrogen and oxygen atoms in total. The Morgan fingerprint density at radius 2 is 2.05 bits per heavy atom. The van der Waals surface area contributed by atoms with Crippen LogP contribution >= 0.6 is 35.0 Å². The van der Waals surface area contributed by atoms with Gasteiger partial charge in [0.25, 0.3) is 0 Å². The molecule has 3 N–H and O–H groups in total. The summed E-state index contributed by atoms with van der Waals surface area (Å²) in [6.07, 6.45) is 3.01. The lowest BCUT2D eigenvalue weighted by atomic mass is 10.3. The van der Waals surface area contributed by atoms with Crippen LogP contribution in [0.5, 0.6) is 0 Å². The van der Waals surface area contributed by atoms with Crippen LogP contribution in [0.3, 0.4) is 0 Å². The predicted molar refractivity (Wildman–Crippen MR) is 82.3 cm³/mol. The number of rotatable bonds is 4. The van der Waals surface area contributed by atoms with Crippen molar-refractivity contribution < 1.29 is 4.79 Å². The molecule has 0 atom stereocenters. The summed E-state index contributed by atoms with van der Waals surface area (Å²) in [5.74, 6) is 0.210. The number of nitrogens with two attached hydrogens (primary N) is 1. The summed E-state index contributed by atoms with van der Waals surface area (Å²) in [6, 6.07) is 4.85. The summed E-state index contributed by atoms with van der Waals surface area (Å²) >= 11 is 13.0. The Balaban J connectivity index is 1.96. The van der Waals surface area contributed by atoms with Crippen molar-refractivity contribution in [3.05, 3.63) is 40.6 Å². The van der Waals surface area contributed by atoms with Gasteiger partial charge in [-0.25, -0.2) is 9.97 Å². The highest BCUT2D eigenvalue weighted by molar-refractivity contribution is 8.00. The number of aromatic nitrogens is 2. The molecule has 0 unspecified atom stereocenters. The first-order valence-corrected chi connectivity index (χ1v) is 7.24. The average molecular weight is 329 g/mol. The van der Waals surface area contributed by atoms with Gasteiger partial charge < -0.3 is 11.1 Å². The van der Waals surface area contributed by atoms with Crippen LogP contribution in [0.2, 0.25) is 10.0 Å². The SMILES string of the molecule is Nc1nccnc1SCC(=O)Nc1cc(Cl)ccc1Cl. The van der Waals surface area contributed by atoms with E-state index in [0.717, 1.165) is 0 Å². The summed E-state index contributed by atoms with van der Waals surface area (Å²) in [5.41, 5.74) is 6.11. The van der Waals surface area contributed by atoms with E-state index in [1.165, 1.54) is 24.2 Å². The molecule has 0 saturated heterocycles. The molecule has 1 heterocycles. The Morgan fingerprint density at radius 1 is 1.30 bits per heavy atom. The van der Waals surface area contributed by atoms with Crippen LogP contribution in [0, 0.1) is 0 Å². The quantitative estimate of drug-likeness (QED) is 0.843. The zero-order valence-corrected chi connectivity index (χ0v) is 12.5. The van der Waals surface area contributed by atoms with Gasteiger partial charge in [0.2, 0.25) is 5.91 Å². The summed E-state index contributed by atoms with van der Waals surface area (Å²) < 4.78 is 0. The Kier molecular flexibility index (Phi) is 5.05. The lowest BCUT2D eigenvalue weighted by Gasteiger charge is -2.07. The number of carbonyl (C=O) groups is 1. The zero-order chi connectivity index (χ0) is 14.5. The van der Waals surface area contributed by atoms with Crippen LogP contribution in [-0.4, -0.2) is 21.6 Å². The third-order valence-corrected chi connectivity index (χ3v) is 3.79. The van der Waals surface area contributed by atoms with E-state index in [-0.39, 0.29) is 11.7 Å². The third-order valence-electron chi connectivity index (χ3n) is 2.23. The average Bonchev–Trinajstić information content (AvgIpc) is 2.42. The fraction of sp³-hybridized carbons (Fsp3) is 0.0833. The number of halogens is 2. The fourth-order valence-corrected chi connectivity index (χ4v) is 2.37. The summed E-state index contributed by atoms with van der Waals surface area (Å²) in [6.45, 7) is 0. The molecule has 0 radical (unpaired) electrons. The second-order valence-corrected chi connectivity index (χ2v) is 5.52. The van der Waals surface area contributed by atoms with Crippen molar-refractivity contribution >= 4 is 52.4 Å². The minimum absolute atomic E-state index is 0.145. The molecule has 2 rings (SSSR count). The zero-order valence-electron chi connectivity index (χ0n) is 10.1. The predicted octanol–water partition coefficient (Wildman–Crippen LogP) is 3.10. The Bertz CT molecular complexity index is 639. The maximum Gasteiger partial charge on any atom is 0.234 e. The van der Waals surface area contributed by atoms with Crippen molar-refractivity contribution in [1.29, 1.82) is 0 Å². The lowest BCUT2D eigenvalue weighted by Crippen LogP contribution is -2.14. The standard InChI is InChI=1S/C12H10Cl2N4OS/c13-7-1-2-8(14)9(5-7)18-10(19)6-20-12-11(15)16-3-4-17-12/h1-5H,6H2,(H2,15,16)(H,18,19). The van der Waals surface area contributed by atoms with Crippen molar-refractivity contribution in [1.82, 2.24) is 9.97 Å². The van der Waals surface area contributed by atoms with Gasteiger partial charge >= 0.3 is 0 Å². The normalized spacial score (nSPS) is 10.3. The fourth-order valence-electron chi connectivity index (χ4n) is 1.36. The molecule has 104 valence electrons. The van der Waals surface area contributed by atoms with Gasteiger partial charge in [-0.2, -0.15) is 0 Å². The van der Waals surface area contributed by atoms with Crippen LogP contribution in [0.4, 0.5) is 11.5 Å². The second-order valence-electron chi connectivity index (χ2n) is 3.71. The van der Waals surface area contributed by atoms with Crippen LogP contribution in [-0.2, 0) is 4.79 Å². The number of nitrogen functional groups attached to an aromatic ring is 1. The molecule has 0 aliphatic rings. The molecule has 0 spiro atoms. The third kappa shape index (κ3) is 4.00. The van der Waals surface area contributed by atoms with E-state index in [9.17, 15) is 4.79 Å². The highest BCUT2D eigenvalue weighted by Crippen LogP contribution is 2.26. The highest BCUT2D eigenvalue weighted by Gasteiger charge is 2.09. The van der Waals surface area contributed by atoms with Gasteiger partial charge in [-0.15, -0.1) is 0 Å². The molecule has 1 aromatic heterocycles. The molecular weight excluding hydrogens is 319 g/mol. The lowest BCUT2D eigenvalue weighted by molar-refractivity contribution is -0.113. The number of carbonyl (C=O) groups excluding carboxylic acids is 1. The molecule has 1 amide bonds. The van der Waals surface area contributed by atoms with Gasteiger partial charge in [0, 0.05) is 17.4 Å². The van der Waals surface area contributed by atoms with Gasteiger partial charge in [-0.3, -0.25) is 4.79 Å². The number of anilines is 2. The molecule has 1 aromatic carbocycles. The van der Waals surface area contributed by atoms with Gasteiger partial charge in [-0.05, 0) is 18.2 Å². The molecule has 0 aliphatic carbocycles. The second kappa shape index (κ2) is 6.78. The van der Waals surface area contributed by atoms with Gasteiger partial charge in [0.15, 0.2) is 5.82 Å². The van der Waals surface area contributed by atoms with E-state index >= 15 is 0 Å². The Hall–Kier alpha value is -1.50. The number of thioether (sulfide) groups is 1. The first kappa shape index (κ1) is 14.9. The van der Waals surface area contributed by atoms with Crippen molar-refractivity contribution in [2.75, 3.05) is 16.8 Å². The molecular formula is C12H10Cl2N4OS. The minimum Gasteiger partial charge on any atom is -0.381 e. The van der Waals surface area contributed by atoms with E-state index in [0.29, 0.717) is 26.6 Å². The largest absolute Gasteiger partial charge is 0.381 e. The van der Waals surface area contributed by atoms with E-state index in [1.807, 2.05) is 0 Å². The summed E-state index contributed by atoms with van der Waals surface area (Å²) in [5, 5.41) is 4.11. The number of hydrogen-bond donors (Lipinski definition) is 2. The van der Waals surface area contributed by atoms with E-state index < -0.39 is 0 Å². The minimum atomic E-state index is -0.232.